The van der Waals surface area contributed by atoms with Gasteiger partial charge in [0.1, 0.15) is 41.6 Å². The number of anilines is 4. The minimum Gasteiger partial charge on any atom is -0.496 e. The van der Waals surface area contributed by atoms with E-state index >= 15 is 0 Å². The smallest absolute Gasteiger partial charge is 0.410 e. The number of unbranched alkanes of at least 4 members (excludes halogenated alkanes) is 2. The lowest BCUT2D eigenvalue weighted by atomic mass is 9.91. The summed E-state index contributed by atoms with van der Waals surface area (Å²) in [6.45, 7) is 20.9. The Morgan fingerprint density at radius 2 is 1.28 bits per heavy atom. The molecule has 0 radical (unpaired) electrons. The number of carbonyl (C=O) groups is 8. The van der Waals surface area contributed by atoms with Crippen molar-refractivity contribution in [2.45, 2.75) is 135 Å². The minimum absolute atomic E-state index is 0.00678. The Morgan fingerprint density at radius 1 is 0.636 bits per heavy atom. The molecule has 11 N–H and O–H groups in total. The Bertz CT molecular complexity index is 4220. The van der Waals surface area contributed by atoms with E-state index in [1.807, 2.05) is 67.7 Å². The first-order chi connectivity index (χ1) is 58.7. The van der Waals surface area contributed by atoms with Gasteiger partial charge in [0.15, 0.2) is 5.82 Å². The standard InChI is InChI=1S/C87H125N15O19/c1-8-11-16-33-90-80-79-70(96-84(88)98-80)31-35-100(79)56-68-26-23-64(53-74(68)112-7)55-99-59-87(60-99)61-101(36-38-121-87)86(110)120-58-63-24-27-69(28-25-63)93-81(106)71(21-17-34-91-85(89)109)95-83(108)78(62(4)5)97-82(107)72(94-76(104)29-30-77(105)102(73-22-15-14-19-66(73)10-3)57-67-20-13-12-18-65(67)9-2)54-92-75(103)32-37-113-41-42-115-45-46-117-49-50-119-52-51-118-48-47-116-44-43-114-40-39-111-6/h9,12-15,18-20,22-28,31,35,53,62,71-72,78H,2,8,10-11,16-17,21,29-30,32-34,36-52,54-61H2,1,3-7H3,(H,92,103)(H,93,106)(H,94,104)(H,95,108)(H,97,107)(H3,89,91,109)(H3,88,90,96,98)/t71-,72-,78-/m0/s1. The van der Waals surface area contributed by atoms with Crippen molar-refractivity contribution < 1.29 is 90.5 Å². The first-order valence-corrected chi connectivity index (χ1v) is 41.7. The number of nitrogens with zero attached hydrogens (tertiary/aromatic N) is 6. The van der Waals surface area contributed by atoms with E-state index in [-0.39, 0.29) is 83.5 Å². The summed E-state index contributed by atoms with van der Waals surface area (Å²) in [4.78, 5) is 125. The second-order valence-electron chi connectivity index (χ2n) is 29.8. The van der Waals surface area contributed by atoms with Crippen molar-refractivity contribution in [3.63, 3.8) is 0 Å². The number of primary amides is 1. The van der Waals surface area contributed by atoms with Gasteiger partial charge in [-0.3, -0.25) is 33.7 Å². The van der Waals surface area contributed by atoms with E-state index in [9.17, 15) is 38.4 Å². The van der Waals surface area contributed by atoms with Gasteiger partial charge < -0.3 is 115 Å². The molecule has 8 rings (SSSR count). The Hall–Kier alpha value is -10.4. The van der Waals surface area contributed by atoms with Gasteiger partial charge in [0.05, 0.1) is 138 Å². The predicted octanol–water partition coefficient (Wildman–Crippen LogP) is 6.88. The number of likely N-dealkylation sites (tertiary alicyclic amines) is 1. The van der Waals surface area contributed by atoms with Crippen molar-refractivity contribution in [3.05, 3.63) is 143 Å². The molecule has 0 bridgehead atoms. The lowest BCUT2D eigenvalue weighted by Gasteiger charge is -2.53. The number of methoxy groups -OCH3 is 2. The number of hydrogen-bond donors (Lipinski definition) is 9. The van der Waals surface area contributed by atoms with Gasteiger partial charge in [-0.05, 0) is 89.8 Å². The molecule has 0 saturated carbocycles. The summed E-state index contributed by atoms with van der Waals surface area (Å²) in [6, 6.07) is 25.1. The fourth-order valence-corrected chi connectivity index (χ4v) is 13.8. The zero-order chi connectivity index (χ0) is 86.6. The van der Waals surface area contributed by atoms with E-state index in [4.69, 9.17) is 63.6 Å². The average molecular weight is 1690 g/mol. The molecule has 2 aliphatic heterocycles. The molecule has 2 saturated heterocycles. The highest BCUT2D eigenvalue weighted by molar-refractivity contribution is 6.00. The quantitative estimate of drug-likeness (QED) is 0.0176. The first-order valence-electron chi connectivity index (χ1n) is 41.7. The zero-order valence-corrected chi connectivity index (χ0v) is 71.0. The summed E-state index contributed by atoms with van der Waals surface area (Å²) < 4.78 is 63.8. The Balaban J connectivity index is 0.814. The van der Waals surface area contributed by atoms with Crippen LogP contribution < -0.4 is 58.3 Å². The maximum absolute atomic E-state index is 14.6. The maximum Gasteiger partial charge on any atom is 0.410 e. The molecule has 121 heavy (non-hydrogen) atoms. The molecule has 2 fully saturated rings. The highest BCUT2D eigenvalue weighted by atomic mass is 16.6. The molecular weight excluding hydrogens is 1560 g/mol. The highest BCUT2D eigenvalue weighted by Gasteiger charge is 2.48. The Kier molecular flexibility index (Phi) is 41.8. The third-order valence-corrected chi connectivity index (χ3v) is 20.2. The van der Waals surface area contributed by atoms with E-state index in [1.165, 1.54) is 0 Å². The van der Waals surface area contributed by atoms with Gasteiger partial charge in [-0.1, -0.05) is 120 Å². The molecule has 3 atom stereocenters. The van der Waals surface area contributed by atoms with Crippen LogP contribution in [0.5, 0.6) is 5.75 Å². The van der Waals surface area contributed by atoms with Crippen LogP contribution in [0.3, 0.4) is 0 Å². The normalized spacial score (nSPS) is 13.8. The second kappa shape index (κ2) is 52.7. The van der Waals surface area contributed by atoms with Gasteiger partial charge in [-0.25, -0.2) is 14.6 Å². The van der Waals surface area contributed by atoms with Crippen LogP contribution in [-0.4, -0.2) is 261 Å². The Morgan fingerprint density at radius 3 is 1.92 bits per heavy atom. The number of rotatable bonds is 58. The fraction of sp³-hybridized carbons (Fsp3) is 0.540. The summed E-state index contributed by atoms with van der Waals surface area (Å²) >= 11 is 0. The number of morpholine rings is 1. The third kappa shape index (κ3) is 32.8. The molecule has 0 unspecified atom stereocenters. The monoisotopic (exact) mass is 1680 g/mol. The number of nitrogens with one attached hydrogen (secondary N) is 7. The number of hydrogen-bond acceptors (Lipinski definition) is 24. The molecular formula is C87H125N15O19. The van der Waals surface area contributed by atoms with Crippen molar-refractivity contribution in [2.24, 2.45) is 11.7 Å². The number of urea groups is 1. The van der Waals surface area contributed by atoms with E-state index < -0.39 is 77.8 Å². The van der Waals surface area contributed by atoms with E-state index in [2.05, 4.69) is 88.4 Å². The molecule has 2 aliphatic rings. The molecule has 6 aromatic rings. The number of benzene rings is 4. The van der Waals surface area contributed by atoms with Gasteiger partial charge in [-0.2, -0.15) is 4.98 Å². The van der Waals surface area contributed by atoms with Crippen LogP contribution >= 0.6 is 0 Å². The van der Waals surface area contributed by atoms with Crippen LogP contribution in [0, 0.1) is 5.92 Å². The molecule has 34 nitrogen and oxygen atoms in total. The number of aryl methyl sites for hydroxylation is 1. The van der Waals surface area contributed by atoms with Crippen molar-refractivity contribution >= 4 is 87.8 Å². The van der Waals surface area contributed by atoms with Crippen LogP contribution in [0.25, 0.3) is 17.1 Å². The van der Waals surface area contributed by atoms with Crippen LogP contribution in [-0.2, 0) is 109 Å². The Labute approximate surface area is 709 Å². The predicted molar refractivity (Wildman–Crippen MR) is 458 cm³/mol. The van der Waals surface area contributed by atoms with Crippen LogP contribution in [0.4, 0.5) is 32.7 Å². The number of para-hydroxylation sites is 1. The van der Waals surface area contributed by atoms with Crippen LogP contribution in [0.2, 0.25) is 0 Å². The summed E-state index contributed by atoms with van der Waals surface area (Å²) in [5.74, 6) is -2.77. The molecule has 9 amide bonds. The maximum atomic E-state index is 14.6. The SMILES string of the molecule is C=Cc1ccccc1CN(C(=O)CCC(=O)N[C@@H](CNC(=O)CCOCCOCCOCCOCCOCCOCCOCCOC)C(=O)N[C@H](C(=O)N[C@@H](CCCNC(N)=O)C(=O)Nc1ccc(COC(=O)N2CCOC3(CN(Cc4ccc(Cn5ccc6nc(N)nc(NCCCCC)c65)c(OC)c4)C3)C2)cc1)C(C)C)c1ccccc1CC. The molecule has 1 spiro atoms. The summed E-state index contributed by atoms with van der Waals surface area (Å²) in [7, 11) is 3.29. The molecule has 0 aliphatic carbocycles. The number of nitrogens with two attached hydrogens (primary N) is 2. The molecule has 4 heterocycles. The van der Waals surface area contributed by atoms with E-state index in [0.29, 0.717) is 154 Å². The number of fused-ring (bicyclic) bond motifs is 1. The van der Waals surface area contributed by atoms with Crippen molar-refractivity contribution in [3.8, 4) is 5.75 Å². The van der Waals surface area contributed by atoms with Crippen molar-refractivity contribution in [1.29, 1.82) is 0 Å². The lowest BCUT2D eigenvalue weighted by molar-refractivity contribution is -0.181. The van der Waals surface area contributed by atoms with Gasteiger partial charge in [0.2, 0.25) is 41.4 Å². The highest BCUT2D eigenvalue weighted by Crippen LogP contribution is 2.34. The van der Waals surface area contributed by atoms with Crippen LogP contribution in [0.1, 0.15) is 112 Å². The molecule has 662 valence electrons. The number of amides is 9. The van der Waals surface area contributed by atoms with Gasteiger partial charge >= 0.3 is 12.1 Å². The van der Waals surface area contributed by atoms with Gasteiger partial charge in [0, 0.05) is 95.3 Å². The minimum atomic E-state index is -1.47. The van der Waals surface area contributed by atoms with Gasteiger partial charge in [0.25, 0.3) is 0 Å². The summed E-state index contributed by atoms with van der Waals surface area (Å²) in [5, 5.41) is 19.7. The lowest BCUT2D eigenvalue weighted by Crippen LogP contribution is -2.70. The fourth-order valence-electron chi connectivity index (χ4n) is 13.8. The van der Waals surface area contributed by atoms with Crippen LogP contribution in [0.15, 0.2) is 110 Å². The molecule has 2 aromatic heterocycles. The van der Waals surface area contributed by atoms with E-state index in [1.54, 1.807) is 68.2 Å². The zero-order valence-electron chi connectivity index (χ0n) is 71.0. The molecule has 4 aromatic carbocycles. The number of nitrogen functional groups attached to an aromatic ring is 1. The summed E-state index contributed by atoms with van der Waals surface area (Å²) in [6.07, 6.45) is 6.50. The van der Waals surface area contributed by atoms with E-state index in [0.717, 1.165) is 70.4 Å². The number of carbonyl (C=O) groups excluding carboxylic acids is 8. The second-order valence-corrected chi connectivity index (χ2v) is 29.8. The number of aromatic nitrogens is 3. The topological polar surface area (TPSA) is 415 Å². The average Bonchev–Trinajstić information content (AvgIpc) is 1.40. The molecule has 34 heteroatoms. The number of ether oxygens (including phenoxy) is 11. The third-order valence-electron chi connectivity index (χ3n) is 20.2. The summed E-state index contributed by atoms with van der Waals surface area (Å²) in [5.41, 5.74) is 18.8. The first kappa shape index (κ1) is 96.1. The largest absolute Gasteiger partial charge is 0.496 e. The van der Waals surface area contributed by atoms with Crippen molar-refractivity contribution in [2.75, 3.05) is 187 Å². The van der Waals surface area contributed by atoms with Crippen molar-refractivity contribution in [1.82, 2.24) is 50.9 Å². The van der Waals surface area contributed by atoms with Gasteiger partial charge in [-0.15, -0.1) is 0 Å².